The SMILES string of the molecule is Cc1ccccc1CN(C)CCC(O)C(C)(C)C. The van der Waals surface area contributed by atoms with Crippen molar-refractivity contribution in [3.05, 3.63) is 35.4 Å². The molecule has 1 atom stereocenters. The van der Waals surface area contributed by atoms with Crippen LogP contribution in [0, 0.1) is 12.3 Å². The molecule has 0 heterocycles. The Balaban J connectivity index is 2.43. The smallest absolute Gasteiger partial charge is 0.0600 e. The fourth-order valence-corrected chi connectivity index (χ4v) is 1.93. The van der Waals surface area contributed by atoms with E-state index in [4.69, 9.17) is 0 Å². The van der Waals surface area contributed by atoms with Crippen molar-refractivity contribution >= 4 is 0 Å². The van der Waals surface area contributed by atoms with Gasteiger partial charge in [-0.25, -0.2) is 0 Å². The summed E-state index contributed by atoms with van der Waals surface area (Å²) in [7, 11) is 2.11. The molecule has 0 saturated heterocycles. The second-order valence-corrected chi connectivity index (χ2v) is 6.33. The summed E-state index contributed by atoms with van der Waals surface area (Å²) >= 11 is 0. The zero-order valence-corrected chi connectivity index (χ0v) is 12.4. The molecule has 0 fully saturated rings. The largest absolute Gasteiger partial charge is 0.393 e. The molecule has 0 bridgehead atoms. The molecule has 0 amide bonds. The van der Waals surface area contributed by atoms with E-state index < -0.39 is 0 Å². The molecular weight excluding hydrogens is 222 g/mol. The van der Waals surface area contributed by atoms with E-state index in [0.717, 1.165) is 19.5 Å². The van der Waals surface area contributed by atoms with Crippen molar-refractivity contribution in [2.75, 3.05) is 13.6 Å². The van der Waals surface area contributed by atoms with Crippen LogP contribution in [0.15, 0.2) is 24.3 Å². The summed E-state index contributed by atoms with van der Waals surface area (Å²) in [5.41, 5.74) is 2.68. The molecule has 0 aromatic heterocycles. The van der Waals surface area contributed by atoms with Crippen molar-refractivity contribution in [2.24, 2.45) is 5.41 Å². The van der Waals surface area contributed by atoms with Gasteiger partial charge in [-0.3, -0.25) is 0 Å². The summed E-state index contributed by atoms with van der Waals surface area (Å²) in [4.78, 5) is 2.28. The lowest BCUT2D eigenvalue weighted by Gasteiger charge is -2.28. The lowest BCUT2D eigenvalue weighted by atomic mass is 9.87. The van der Waals surface area contributed by atoms with E-state index in [1.54, 1.807) is 0 Å². The predicted molar refractivity (Wildman–Crippen MR) is 77.6 cm³/mol. The van der Waals surface area contributed by atoms with Crippen LogP contribution in [0.3, 0.4) is 0 Å². The highest BCUT2D eigenvalue weighted by atomic mass is 16.3. The zero-order valence-electron chi connectivity index (χ0n) is 12.4. The first-order chi connectivity index (χ1) is 8.30. The Bertz CT molecular complexity index is 368. The van der Waals surface area contributed by atoms with Gasteiger partial charge in [0.1, 0.15) is 0 Å². The third-order valence-electron chi connectivity index (χ3n) is 3.49. The maximum Gasteiger partial charge on any atom is 0.0600 e. The Morgan fingerprint density at radius 2 is 1.83 bits per heavy atom. The monoisotopic (exact) mass is 249 g/mol. The average molecular weight is 249 g/mol. The van der Waals surface area contributed by atoms with Crippen LogP contribution in [0.1, 0.15) is 38.3 Å². The molecule has 0 saturated carbocycles. The van der Waals surface area contributed by atoms with Gasteiger partial charge in [-0.1, -0.05) is 45.0 Å². The van der Waals surface area contributed by atoms with Crippen molar-refractivity contribution in [1.29, 1.82) is 0 Å². The first-order valence-electron chi connectivity index (χ1n) is 6.72. The van der Waals surface area contributed by atoms with Gasteiger partial charge in [-0.15, -0.1) is 0 Å². The Labute approximate surface area is 112 Å². The van der Waals surface area contributed by atoms with Gasteiger partial charge in [0.05, 0.1) is 6.10 Å². The summed E-state index contributed by atoms with van der Waals surface area (Å²) in [6.45, 7) is 10.3. The molecule has 2 heteroatoms. The van der Waals surface area contributed by atoms with E-state index in [2.05, 4.69) is 63.9 Å². The molecule has 102 valence electrons. The molecule has 2 nitrogen and oxygen atoms in total. The van der Waals surface area contributed by atoms with Crippen LogP contribution in [-0.4, -0.2) is 29.7 Å². The van der Waals surface area contributed by atoms with Crippen LogP contribution >= 0.6 is 0 Å². The quantitative estimate of drug-likeness (QED) is 0.866. The van der Waals surface area contributed by atoms with Crippen molar-refractivity contribution in [3.63, 3.8) is 0 Å². The summed E-state index contributed by atoms with van der Waals surface area (Å²) in [6.07, 6.45) is 0.586. The molecule has 0 spiro atoms. The Hall–Kier alpha value is -0.860. The van der Waals surface area contributed by atoms with Crippen molar-refractivity contribution in [2.45, 2.75) is 46.8 Å². The maximum absolute atomic E-state index is 10.0. The number of benzene rings is 1. The molecule has 0 aliphatic carbocycles. The van der Waals surface area contributed by atoms with E-state index in [9.17, 15) is 5.11 Å². The number of hydrogen-bond acceptors (Lipinski definition) is 2. The highest BCUT2D eigenvalue weighted by Crippen LogP contribution is 2.21. The lowest BCUT2D eigenvalue weighted by Crippen LogP contribution is -2.31. The highest BCUT2D eigenvalue weighted by Gasteiger charge is 2.21. The fraction of sp³-hybridized carbons (Fsp3) is 0.625. The van der Waals surface area contributed by atoms with Crippen LogP contribution in [-0.2, 0) is 6.54 Å². The van der Waals surface area contributed by atoms with E-state index in [1.165, 1.54) is 11.1 Å². The predicted octanol–water partition coefficient (Wildman–Crippen LogP) is 3.22. The molecule has 1 unspecified atom stereocenters. The van der Waals surface area contributed by atoms with Crippen molar-refractivity contribution in [3.8, 4) is 0 Å². The molecule has 1 N–H and O–H groups in total. The minimum absolute atomic E-state index is 0.0243. The van der Waals surface area contributed by atoms with Gasteiger partial charge in [-0.2, -0.15) is 0 Å². The number of aliphatic hydroxyl groups is 1. The normalized spacial score (nSPS) is 13.9. The van der Waals surface area contributed by atoms with Crippen LogP contribution in [0.5, 0.6) is 0 Å². The van der Waals surface area contributed by atoms with Crippen LogP contribution < -0.4 is 0 Å². The van der Waals surface area contributed by atoms with Gasteiger partial charge in [-0.05, 0) is 36.9 Å². The van der Waals surface area contributed by atoms with E-state index in [-0.39, 0.29) is 11.5 Å². The minimum atomic E-state index is -0.239. The number of hydrogen-bond donors (Lipinski definition) is 1. The first kappa shape index (κ1) is 15.2. The maximum atomic E-state index is 10.0. The Morgan fingerprint density at radius 3 is 2.39 bits per heavy atom. The zero-order chi connectivity index (χ0) is 13.8. The number of nitrogens with zero attached hydrogens (tertiary/aromatic N) is 1. The van der Waals surface area contributed by atoms with E-state index >= 15 is 0 Å². The third kappa shape index (κ3) is 4.79. The minimum Gasteiger partial charge on any atom is -0.393 e. The second kappa shape index (κ2) is 6.35. The molecule has 1 aromatic rings. The Morgan fingerprint density at radius 1 is 1.22 bits per heavy atom. The summed E-state index contributed by atoms with van der Waals surface area (Å²) in [5.74, 6) is 0. The van der Waals surface area contributed by atoms with Crippen LogP contribution in [0.2, 0.25) is 0 Å². The van der Waals surface area contributed by atoms with Gasteiger partial charge >= 0.3 is 0 Å². The molecule has 18 heavy (non-hydrogen) atoms. The lowest BCUT2D eigenvalue weighted by molar-refractivity contribution is 0.0473. The molecule has 0 radical (unpaired) electrons. The Kier molecular flexibility index (Phi) is 5.36. The van der Waals surface area contributed by atoms with Gasteiger partial charge in [0.25, 0.3) is 0 Å². The second-order valence-electron chi connectivity index (χ2n) is 6.33. The molecule has 0 aliphatic rings. The highest BCUT2D eigenvalue weighted by molar-refractivity contribution is 5.25. The fourth-order valence-electron chi connectivity index (χ4n) is 1.93. The number of rotatable bonds is 5. The van der Waals surface area contributed by atoms with Crippen molar-refractivity contribution in [1.82, 2.24) is 4.90 Å². The number of aryl methyl sites for hydroxylation is 1. The third-order valence-corrected chi connectivity index (χ3v) is 3.49. The topological polar surface area (TPSA) is 23.5 Å². The standard InChI is InChI=1S/C16H27NO/c1-13-8-6-7-9-14(13)12-17(5)11-10-15(18)16(2,3)4/h6-9,15,18H,10-12H2,1-5H3. The van der Waals surface area contributed by atoms with Gasteiger partial charge in [0.15, 0.2) is 0 Å². The summed E-state index contributed by atoms with van der Waals surface area (Å²) < 4.78 is 0. The average Bonchev–Trinajstić information content (AvgIpc) is 2.27. The van der Waals surface area contributed by atoms with Crippen LogP contribution in [0.25, 0.3) is 0 Å². The molecule has 1 aromatic carbocycles. The van der Waals surface area contributed by atoms with Crippen LogP contribution in [0.4, 0.5) is 0 Å². The van der Waals surface area contributed by atoms with Gasteiger partial charge in [0.2, 0.25) is 0 Å². The summed E-state index contributed by atoms with van der Waals surface area (Å²) in [6, 6.07) is 8.47. The van der Waals surface area contributed by atoms with Gasteiger partial charge in [0, 0.05) is 13.1 Å². The van der Waals surface area contributed by atoms with E-state index in [1.807, 2.05) is 0 Å². The molecular formula is C16H27NO. The van der Waals surface area contributed by atoms with Crippen molar-refractivity contribution < 1.29 is 5.11 Å². The first-order valence-corrected chi connectivity index (χ1v) is 6.72. The van der Waals surface area contributed by atoms with Gasteiger partial charge < -0.3 is 10.0 Å². The number of aliphatic hydroxyl groups excluding tert-OH is 1. The molecule has 1 rings (SSSR count). The molecule has 0 aliphatic heterocycles. The summed E-state index contributed by atoms with van der Waals surface area (Å²) in [5, 5.41) is 10.0. The van der Waals surface area contributed by atoms with E-state index in [0.29, 0.717) is 0 Å².